The monoisotopic (exact) mass is 319 g/mol. The van der Waals surface area contributed by atoms with E-state index in [0.29, 0.717) is 4.90 Å². The Morgan fingerprint density at radius 2 is 2.00 bits per heavy atom. The number of benzene rings is 1. The minimum absolute atomic E-state index is 0.0287. The molecule has 17 heavy (non-hydrogen) atoms. The summed E-state index contributed by atoms with van der Waals surface area (Å²) in [5, 5.41) is 0. The molecule has 0 amide bonds. The van der Waals surface area contributed by atoms with Gasteiger partial charge in [0.1, 0.15) is 0 Å². The summed E-state index contributed by atoms with van der Waals surface area (Å²) >= 11 is 3.27. The summed E-state index contributed by atoms with van der Waals surface area (Å²) in [7, 11) is -3.42. The van der Waals surface area contributed by atoms with Gasteiger partial charge in [0.15, 0.2) is 0 Å². The maximum atomic E-state index is 12.1. The Balaban J connectivity index is 2.96. The largest absolute Gasteiger partial charge is 0.240 e. The van der Waals surface area contributed by atoms with E-state index < -0.39 is 10.0 Å². The van der Waals surface area contributed by atoms with E-state index in [1.54, 1.807) is 24.3 Å². The summed E-state index contributed by atoms with van der Waals surface area (Å²) in [5.74, 6) is 0.280. The molecule has 0 radical (unpaired) electrons. The lowest BCUT2D eigenvalue weighted by molar-refractivity contribution is 0.437. The number of hydrogen-bond donors (Lipinski definition) is 1. The fourth-order valence-corrected chi connectivity index (χ4v) is 3.66. The van der Waals surface area contributed by atoms with Crippen molar-refractivity contribution < 1.29 is 8.42 Å². The molecule has 0 heterocycles. The molecule has 0 bridgehead atoms. The predicted molar refractivity (Wildman–Crippen MR) is 73.4 cm³/mol. The average molecular weight is 320 g/mol. The van der Waals surface area contributed by atoms with Gasteiger partial charge in [-0.1, -0.05) is 42.8 Å². The summed E-state index contributed by atoms with van der Waals surface area (Å²) in [6, 6.07) is 6.70. The van der Waals surface area contributed by atoms with Crippen molar-refractivity contribution in [3.63, 3.8) is 0 Å². The molecule has 3 nitrogen and oxygen atoms in total. The minimum atomic E-state index is -3.42. The first-order chi connectivity index (χ1) is 7.86. The minimum Gasteiger partial charge on any atom is -0.208 e. The first-order valence-corrected chi connectivity index (χ1v) is 7.92. The fraction of sp³-hybridized carbons (Fsp3) is 0.500. The van der Waals surface area contributed by atoms with Crippen molar-refractivity contribution >= 4 is 26.0 Å². The average Bonchev–Trinajstić information content (AvgIpc) is 2.25. The summed E-state index contributed by atoms with van der Waals surface area (Å²) in [4.78, 5) is 0.297. The van der Waals surface area contributed by atoms with Crippen LogP contribution in [0.5, 0.6) is 0 Å². The third-order valence-electron chi connectivity index (χ3n) is 2.66. The molecule has 0 saturated heterocycles. The van der Waals surface area contributed by atoms with Crippen LogP contribution >= 0.6 is 15.9 Å². The Hall–Kier alpha value is -0.390. The first-order valence-electron chi connectivity index (χ1n) is 5.64. The molecule has 5 heteroatoms. The van der Waals surface area contributed by atoms with Crippen molar-refractivity contribution in [2.24, 2.45) is 5.92 Å². The standard InChI is InChI=1S/C12H18BrNO2S/c1-4-12(9(2)3)14-17(15,16)11-7-5-6-10(13)8-11/h5-9,12,14H,4H2,1-3H3. The van der Waals surface area contributed by atoms with Gasteiger partial charge in [0.25, 0.3) is 0 Å². The van der Waals surface area contributed by atoms with E-state index in [1.807, 2.05) is 20.8 Å². The highest BCUT2D eigenvalue weighted by atomic mass is 79.9. The van der Waals surface area contributed by atoms with Gasteiger partial charge >= 0.3 is 0 Å². The van der Waals surface area contributed by atoms with Gasteiger partial charge in [-0.15, -0.1) is 0 Å². The van der Waals surface area contributed by atoms with Crippen molar-refractivity contribution in [2.75, 3.05) is 0 Å². The van der Waals surface area contributed by atoms with Crippen molar-refractivity contribution in [2.45, 2.75) is 38.1 Å². The predicted octanol–water partition coefficient (Wildman–Crippen LogP) is 3.16. The molecule has 0 fully saturated rings. The van der Waals surface area contributed by atoms with Crippen LogP contribution in [0.1, 0.15) is 27.2 Å². The van der Waals surface area contributed by atoms with Crippen LogP contribution in [-0.2, 0) is 10.0 Å². The van der Waals surface area contributed by atoms with Gasteiger partial charge in [0.05, 0.1) is 4.90 Å². The van der Waals surface area contributed by atoms with E-state index in [1.165, 1.54) is 0 Å². The second-order valence-electron chi connectivity index (χ2n) is 4.34. The summed E-state index contributed by atoms with van der Waals surface area (Å²) in [6.45, 7) is 6.00. The molecule has 0 aliphatic rings. The van der Waals surface area contributed by atoms with Gasteiger partial charge < -0.3 is 0 Å². The molecule has 1 aromatic rings. The lowest BCUT2D eigenvalue weighted by Gasteiger charge is -2.20. The summed E-state index contributed by atoms with van der Waals surface area (Å²) < 4.78 is 27.8. The van der Waals surface area contributed by atoms with E-state index in [-0.39, 0.29) is 12.0 Å². The fourth-order valence-electron chi connectivity index (χ4n) is 1.59. The maximum Gasteiger partial charge on any atom is 0.240 e. The molecule has 96 valence electrons. The quantitative estimate of drug-likeness (QED) is 0.906. The Morgan fingerprint density at radius 3 is 2.47 bits per heavy atom. The van der Waals surface area contributed by atoms with Crippen LogP contribution in [0.4, 0.5) is 0 Å². The third kappa shape index (κ3) is 4.08. The molecule has 1 unspecified atom stereocenters. The highest BCUT2D eigenvalue weighted by Gasteiger charge is 2.21. The molecular formula is C12H18BrNO2S. The highest BCUT2D eigenvalue weighted by molar-refractivity contribution is 9.10. The third-order valence-corrected chi connectivity index (χ3v) is 4.64. The lowest BCUT2D eigenvalue weighted by atomic mass is 10.0. The van der Waals surface area contributed by atoms with Crippen LogP contribution in [0, 0.1) is 5.92 Å². The lowest BCUT2D eigenvalue weighted by Crippen LogP contribution is -2.37. The van der Waals surface area contributed by atoms with E-state index in [4.69, 9.17) is 0 Å². The van der Waals surface area contributed by atoms with Gasteiger partial charge in [-0.2, -0.15) is 0 Å². The van der Waals surface area contributed by atoms with Crippen LogP contribution in [0.2, 0.25) is 0 Å². The van der Waals surface area contributed by atoms with Crippen molar-refractivity contribution in [3.8, 4) is 0 Å². The van der Waals surface area contributed by atoms with E-state index in [2.05, 4.69) is 20.7 Å². The van der Waals surface area contributed by atoms with Crippen LogP contribution in [0.25, 0.3) is 0 Å². The highest BCUT2D eigenvalue weighted by Crippen LogP contribution is 2.17. The summed E-state index contributed by atoms with van der Waals surface area (Å²) in [5.41, 5.74) is 0. The number of rotatable bonds is 5. The number of hydrogen-bond acceptors (Lipinski definition) is 2. The second-order valence-corrected chi connectivity index (χ2v) is 6.97. The Bertz CT molecular complexity index is 471. The molecule has 0 saturated carbocycles. The number of sulfonamides is 1. The molecule has 0 aliphatic heterocycles. The smallest absolute Gasteiger partial charge is 0.208 e. The molecule has 1 rings (SSSR count). The second kappa shape index (κ2) is 5.98. The van der Waals surface area contributed by atoms with Gasteiger partial charge in [0.2, 0.25) is 10.0 Å². The number of halogens is 1. The zero-order valence-corrected chi connectivity index (χ0v) is 12.7. The van der Waals surface area contributed by atoms with Crippen LogP contribution in [0.3, 0.4) is 0 Å². The van der Waals surface area contributed by atoms with Crippen molar-refractivity contribution in [1.82, 2.24) is 4.72 Å². The SMILES string of the molecule is CCC(NS(=O)(=O)c1cccc(Br)c1)C(C)C. The Morgan fingerprint density at radius 1 is 1.35 bits per heavy atom. The van der Waals surface area contributed by atoms with Gasteiger partial charge in [0, 0.05) is 10.5 Å². The van der Waals surface area contributed by atoms with E-state index >= 15 is 0 Å². The van der Waals surface area contributed by atoms with Crippen molar-refractivity contribution in [1.29, 1.82) is 0 Å². The van der Waals surface area contributed by atoms with Gasteiger partial charge in [-0.25, -0.2) is 13.1 Å². The van der Waals surface area contributed by atoms with E-state index in [9.17, 15) is 8.42 Å². The number of nitrogens with one attached hydrogen (secondary N) is 1. The molecular weight excluding hydrogens is 302 g/mol. The molecule has 0 aliphatic carbocycles. The van der Waals surface area contributed by atoms with E-state index in [0.717, 1.165) is 10.9 Å². The zero-order valence-electron chi connectivity index (χ0n) is 10.3. The Kier molecular flexibility index (Phi) is 5.16. The molecule has 0 aromatic heterocycles. The topological polar surface area (TPSA) is 46.2 Å². The maximum absolute atomic E-state index is 12.1. The normalized spacial score (nSPS) is 13.9. The van der Waals surface area contributed by atoms with Crippen LogP contribution in [0.15, 0.2) is 33.6 Å². The summed E-state index contributed by atoms with van der Waals surface area (Å²) in [6.07, 6.45) is 0.783. The molecule has 1 atom stereocenters. The van der Waals surface area contributed by atoms with Gasteiger partial charge in [-0.05, 0) is 30.5 Å². The van der Waals surface area contributed by atoms with Gasteiger partial charge in [-0.3, -0.25) is 0 Å². The molecule has 0 spiro atoms. The molecule has 1 aromatic carbocycles. The van der Waals surface area contributed by atoms with Crippen molar-refractivity contribution in [3.05, 3.63) is 28.7 Å². The molecule has 1 N–H and O–H groups in total. The van der Waals surface area contributed by atoms with Crippen LogP contribution < -0.4 is 4.72 Å². The Labute approximate surface area is 112 Å². The van der Waals surface area contributed by atoms with Crippen LogP contribution in [-0.4, -0.2) is 14.5 Å². The zero-order chi connectivity index (χ0) is 13.1. The first kappa shape index (κ1) is 14.7.